The summed E-state index contributed by atoms with van der Waals surface area (Å²) in [6, 6.07) is 9.15. The van der Waals surface area contributed by atoms with Crippen LogP contribution in [0, 0.1) is 5.92 Å². The summed E-state index contributed by atoms with van der Waals surface area (Å²) in [4.78, 5) is 11.5. The van der Waals surface area contributed by atoms with E-state index in [-0.39, 0.29) is 11.8 Å². The molecule has 110 valence electrons. The number of hydrogen-bond donors (Lipinski definition) is 2. The maximum atomic E-state index is 11.5. The minimum absolute atomic E-state index is 0.0613. The Bertz CT molecular complexity index is 456. The molecule has 0 aromatic heterocycles. The summed E-state index contributed by atoms with van der Waals surface area (Å²) in [6.07, 6.45) is 2.41. The van der Waals surface area contributed by atoms with Crippen molar-refractivity contribution >= 4 is 5.91 Å². The van der Waals surface area contributed by atoms with Crippen molar-refractivity contribution < 1.29 is 4.79 Å². The monoisotopic (exact) mass is 274 g/mol. The summed E-state index contributed by atoms with van der Waals surface area (Å²) in [7, 11) is 0. The van der Waals surface area contributed by atoms with Crippen LogP contribution in [0.4, 0.5) is 0 Å². The molecule has 2 atom stereocenters. The molecule has 0 saturated carbocycles. The number of carbonyl (C=O) groups is 1. The van der Waals surface area contributed by atoms with Crippen molar-refractivity contribution in [2.75, 3.05) is 13.1 Å². The smallest absolute Gasteiger partial charge is 0.222 e. The molecule has 2 rings (SSSR count). The number of nitrogens with one attached hydrogen (secondary N) is 2. The molecule has 0 radical (unpaired) electrons. The van der Waals surface area contributed by atoms with Gasteiger partial charge in [-0.3, -0.25) is 4.79 Å². The quantitative estimate of drug-likeness (QED) is 0.810. The molecule has 0 heterocycles. The van der Waals surface area contributed by atoms with Crippen molar-refractivity contribution in [2.45, 2.75) is 45.6 Å². The first-order valence-corrected chi connectivity index (χ1v) is 7.69. The molecule has 0 aliphatic heterocycles. The van der Waals surface area contributed by atoms with Crippen LogP contribution in [0.3, 0.4) is 0 Å². The topological polar surface area (TPSA) is 41.1 Å². The largest absolute Gasteiger partial charge is 0.355 e. The molecule has 0 spiro atoms. The number of amides is 1. The number of benzene rings is 1. The molecule has 20 heavy (non-hydrogen) atoms. The molecule has 1 aliphatic rings. The molecule has 1 amide bonds. The predicted molar refractivity (Wildman–Crippen MR) is 82.7 cm³/mol. The Balaban J connectivity index is 1.86. The fourth-order valence-corrected chi connectivity index (χ4v) is 2.85. The summed E-state index contributed by atoms with van der Waals surface area (Å²) in [5.41, 5.74) is 2.91. The van der Waals surface area contributed by atoms with E-state index in [1.807, 2.05) is 13.8 Å². The zero-order valence-electron chi connectivity index (χ0n) is 12.8. The highest BCUT2D eigenvalue weighted by molar-refractivity contribution is 5.77. The van der Waals surface area contributed by atoms with E-state index in [4.69, 9.17) is 0 Å². The normalized spacial score (nSPS) is 21.6. The van der Waals surface area contributed by atoms with E-state index in [0.717, 1.165) is 6.54 Å². The third kappa shape index (κ3) is 3.60. The van der Waals surface area contributed by atoms with Crippen LogP contribution >= 0.6 is 0 Å². The summed E-state index contributed by atoms with van der Waals surface area (Å²) >= 11 is 0. The molecule has 0 saturated heterocycles. The highest BCUT2D eigenvalue weighted by Gasteiger charge is 2.23. The first-order valence-electron chi connectivity index (χ1n) is 7.69. The predicted octanol–water partition coefficient (Wildman–Crippen LogP) is 2.99. The highest BCUT2D eigenvalue weighted by Crippen LogP contribution is 2.36. The van der Waals surface area contributed by atoms with Gasteiger partial charge in [0.05, 0.1) is 0 Å². The Hall–Kier alpha value is -1.35. The van der Waals surface area contributed by atoms with Crippen molar-refractivity contribution in [2.24, 2.45) is 5.92 Å². The average molecular weight is 274 g/mol. The van der Waals surface area contributed by atoms with Crippen LogP contribution in [0.2, 0.25) is 0 Å². The lowest BCUT2D eigenvalue weighted by Crippen LogP contribution is -2.36. The van der Waals surface area contributed by atoms with Gasteiger partial charge in [0.1, 0.15) is 0 Å². The Morgan fingerprint density at radius 1 is 1.20 bits per heavy atom. The van der Waals surface area contributed by atoms with Crippen molar-refractivity contribution in [3.8, 4) is 0 Å². The van der Waals surface area contributed by atoms with Crippen LogP contribution in [0.15, 0.2) is 24.3 Å². The first-order chi connectivity index (χ1) is 9.59. The van der Waals surface area contributed by atoms with Crippen molar-refractivity contribution in [1.29, 1.82) is 0 Å². The molecule has 2 unspecified atom stereocenters. The number of fused-ring (bicyclic) bond motifs is 1. The molecular weight excluding hydrogens is 248 g/mol. The molecule has 0 fully saturated rings. The lowest BCUT2D eigenvalue weighted by molar-refractivity contribution is -0.123. The van der Waals surface area contributed by atoms with Crippen molar-refractivity contribution in [1.82, 2.24) is 10.6 Å². The summed E-state index contributed by atoms with van der Waals surface area (Å²) in [6.45, 7) is 7.66. The standard InChI is InChI=1S/C17H26N2O/c1-12(2)17(20)19-11-10-18-16-9-8-13(3)14-6-4-5-7-15(14)16/h4-7,12-13,16,18H,8-11H2,1-3H3,(H,19,20). The average Bonchev–Trinajstić information content (AvgIpc) is 2.45. The molecule has 2 N–H and O–H groups in total. The lowest BCUT2D eigenvalue weighted by Gasteiger charge is -2.30. The Morgan fingerprint density at radius 2 is 1.90 bits per heavy atom. The minimum Gasteiger partial charge on any atom is -0.355 e. The lowest BCUT2D eigenvalue weighted by atomic mass is 9.81. The van der Waals surface area contributed by atoms with E-state index in [9.17, 15) is 4.79 Å². The molecule has 1 aromatic rings. The van der Waals surface area contributed by atoms with E-state index in [1.165, 1.54) is 24.0 Å². The van der Waals surface area contributed by atoms with Crippen LogP contribution in [0.1, 0.15) is 56.7 Å². The number of carbonyl (C=O) groups excluding carboxylic acids is 1. The zero-order valence-corrected chi connectivity index (χ0v) is 12.8. The maximum absolute atomic E-state index is 11.5. The van der Waals surface area contributed by atoms with Gasteiger partial charge in [0.2, 0.25) is 5.91 Å². The highest BCUT2D eigenvalue weighted by atomic mass is 16.1. The molecule has 3 nitrogen and oxygen atoms in total. The third-order valence-electron chi connectivity index (χ3n) is 4.13. The first kappa shape index (κ1) is 15.0. The molecular formula is C17H26N2O. The molecule has 0 bridgehead atoms. The second-order valence-corrected chi connectivity index (χ2v) is 6.06. The van der Waals surface area contributed by atoms with Crippen LogP contribution in [-0.2, 0) is 4.79 Å². The zero-order chi connectivity index (χ0) is 14.5. The Labute approximate surface area is 122 Å². The molecule has 1 aromatic carbocycles. The Morgan fingerprint density at radius 3 is 2.60 bits per heavy atom. The van der Waals surface area contributed by atoms with Gasteiger partial charge in [-0.1, -0.05) is 45.0 Å². The second-order valence-electron chi connectivity index (χ2n) is 6.06. The summed E-state index contributed by atoms with van der Waals surface area (Å²) < 4.78 is 0. The third-order valence-corrected chi connectivity index (χ3v) is 4.13. The number of hydrogen-bond acceptors (Lipinski definition) is 2. The van der Waals surface area contributed by atoms with Gasteiger partial charge < -0.3 is 10.6 Å². The van der Waals surface area contributed by atoms with Crippen LogP contribution in [0.25, 0.3) is 0 Å². The van der Waals surface area contributed by atoms with Gasteiger partial charge in [-0.05, 0) is 29.9 Å². The minimum atomic E-state index is 0.0613. The van der Waals surface area contributed by atoms with Crippen LogP contribution in [0.5, 0.6) is 0 Å². The van der Waals surface area contributed by atoms with Gasteiger partial charge in [-0.2, -0.15) is 0 Å². The fraction of sp³-hybridized carbons (Fsp3) is 0.588. The van der Waals surface area contributed by atoms with Gasteiger partial charge in [0.25, 0.3) is 0 Å². The van der Waals surface area contributed by atoms with Crippen LogP contribution < -0.4 is 10.6 Å². The van der Waals surface area contributed by atoms with E-state index in [0.29, 0.717) is 18.5 Å². The SMILES string of the molecule is CC(C)C(=O)NCCNC1CCC(C)c2ccccc21. The fourth-order valence-electron chi connectivity index (χ4n) is 2.85. The Kier molecular flexibility index (Phi) is 5.18. The van der Waals surface area contributed by atoms with Gasteiger partial charge in [0, 0.05) is 25.0 Å². The second kappa shape index (κ2) is 6.89. The van der Waals surface area contributed by atoms with Gasteiger partial charge in [0.15, 0.2) is 0 Å². The van der Waals surface area contributed by atoms with E-state index in [1.54, 1.807) is 0 Å². The molecule has 3 heteroatoms. The maximum Gasteiger partial charge on any atom is 0.222 e. The molecule has 1 aliphatic carbocycles. The summed E-state index contributed by atoms with van der Waals surface area (Å²) in [5.74, 6) is 0.848. The number of rotatable bonds is 5. The van der Waals surface area contributed by atoms with Gasteiger partial charge in [-0.15, -0.1) is 0 Å². The van der Waals surface area contributed by atoms with Crippen molar-refractivity contribution in [3.63, 3.8) is 0 Å². The van der Waals surface area contributed by atoms with E-state index in [2.05, 4.69) is 41.8 Å². The van der Waals surface area contributed by atoms with E-state index >= 15 is 0 Å². The van der Waals surface area contributed by atoms with Gasteiger partial charge in [-0.25, -0.2) is 0 Å². The van der Waals surface area contributed by atoms with Crippen LogP contribution in [-0.4, -0.2) is 19.0 Å². The van der Waals surface area contributed by atoms with E-state index < -0.39 is 0 Å². The van der Waals surface area contributed by atoms with Gasteiger partial charge >= 0.3 is 0 Å². The van der Waals surface area contributed by atoms with Crippen molar-refractivity contribution in [3.05, 3.63) is 35.4 Å². The summed E-state index contributed by atoms with van der Waals surface area (Å²) in [5, 5.41) is 6.53.